The van der Waals surface area contributed by atoms with Gasteiger partial charge in [0.2, 0.25) is 5.91 Å². The zero-order valence-electron chi connectivity index (χ0n) is 20.0. The first-order valence-corrected chi connectivity index (χ1v) is 12.1. The van der Waals surface area contributed by atoms with Gasteiger partial charge in [-0.25, -0.2) is 0 Å². The molecule has 0 unspecified atom stereocenters. The maximum Gasteiger partial charge on any atom is 0.306 e. The minimum absolute atomic E-state index is 0.0777. The molecule has 0 radical (unpaired) electrons. The number of nitrogens with one attached hydrogen (secondary N) is 1. The van der Waals surface area contributed by atoms with Gasteiger partial charge in [0, 0.05) is 50.6 Å². The molecule has 9 nitrogen and oxygen atoms in total. The number of carbonyl (C=O) groups is 4. The normalized spacial score (nSPS) is 17.4. The molecule has 0 aromatic heterocycles. The van der Waals surface area contributed by atoms with Gasteiger partial charge in [-0.3, -0.25) is 19.2 Å². The van der Waals surface area contributed by atoms with Gasteiger partial charge in [-0.15, -0.1) is 0 Å². The molecule has 1 aromatic carbocycles. The van der Waals surface area contributed by atoms with Gasteiger partial charge >= 0.3 is 5.97 Å². The van der Waals surface area contributed by atoms with Crippen LogP contribution in [0.1, 0.15) is 56.3 Å². The second kappa shape index (κ2) is 11.9. The van der Waals surface area contributed by atoms with E-state index in [0.717, 1.165) is 0 Å². The summed E-state index contributed by atoms with van der Waals surface area (Å²) in [4.78, 5) is 52.0. The van der Waals surface area contributed by atoms with Crippen molar-refractivity contribution in [1.29, 1.82) is 0 Å². The number of carboxylic acid groups (broad SMARTS) is 1. The Hall–Kier alpha value is -3.10. The number of likely N-dealkylation sites (tertiary alicyclic amines) is 2. The van der Waals surface area contributed by atoms with E-state index in [1.807, 2.05) is 6.92 Å². The lowest BCUT2D eigenvalue weighted by molar-refractivity contribution is -0.147. The number of carboxylic acids is 1. The van der Waals surface area contributed by atoms with E-state index in [9.17, 15) is 19.2 Å². The van der Waals surface area contributed by atoms with Gasteiger partial charge in [0.15, 0.2) is 0 Å². The first-order valence-electron chi connectivity index (χ1n) is 12.1. The molecule has 1 aromatic rings. The quantitative estimate of drug-likeness (QED) is 0.566. The lowest BCUT2D eigenvalue weighted by atomic mass is 9.92. The number of anilines is 1. The molecule has 2 saturated heterocycles. The predicted molar refractivity (Wildman–Crippen MR) is 127 cm³/mol. The third-order valence-electron chi connectivity index (χ3n) is 6.61. The second-order valence-electron chi connectivity index (χ2n) is 9.03. The van der Waals surface area contributed by atoms with Crippen molar-refractivity contribution in [3.8, 4) is 5.75 Å². The summed E-state index contributed by atoms with van der Waals surface area (Å²) in [5, 5.41) is 12.3. The predicted octanol–water partition coefficient (Wildman–Crippen LogP) is 2.65. The molecule has 2 N–H and O–H groups in total. The number of hydrogen-bond acceptors (Lipinski definition) is 6. The number of rotatable bonds is 9. The number of amides is 2. The second-order valence-corrected chi connectivity index (χ2v) is 9.03. The van der Waals surface area contributed by atoms with Crippen LogP contribution in [0.2, 0.25) is 0 Å². The largest absolute Gasteiger partial charge is 0.492 e. The minimum Gasteiger partial charge on any atom is -0.492 e. The monoisotopic (exact) mass is 473 g/mol. The van der Waals surface area contributed by atoms with E-state index < -0.39 is 5.97 Å². The molecular weight excluding hydrogens is 438 g/mol. The Labute approximate surface area is 200 Å². The molecule has 3 rings (SSSR count). The standard InChI is InChI=1S/C25H35N3O6/c1-3-34-22-5-4-20(16-21(22)26-11-6-17(2)29)24(31)28-12-7-18(8-13-28)23(30)27-14-9-19(10-15-27)25(32)33/h4-5,16,18-19,26H,3,6-15H2,1-2H3,(H,32,33). The van der Waals surface area contributed by atoms with E-state index in [1.54, 1.807) is 28.0 Å². The lowest BCUT2D eigenvalue weighted by Crippen LogP contribution is -2.47. The number of Topliss-reactive ketones (excluding diaryl/α,β-unsaturated/α-hetero) is 1. The zero-order chi connectivity index (χ0) is 24.7. The fourth-order valence-corrected chi connectivity index (χ4v) is 4.57. The van der Waals surface area contributed by atoms with Crippen molar-refractivity contribution in [1.82, 2.24) is 9.80 Å². The highest BCUT2D eigenvalue weighted by Gasteiger charge is 2.33. The van der Waals surface area contributed by atoms with Gasteiger partial charge in [0.25, 0.3) is 5.91 Å². The van der Waals surface area contributed by atoms with Gasteiger partial charge in [-0.1, -0.05) is 0 Å². The van der Waals surface area contributed by atoms with E-state index in [4.69, 9.17) is 9.84 Å². The minimum atomic E-state index is -0.787. The van der Waals surface area contributed by atoms with Gasteiger partial charge in [0.1, 0.15) is 11.5 Å². The van der Waals surface area contributed by atoms with Crippen molar-refractivity contribution in [2.75, 3.05) is 44.6 Å². The Morgan fingerprint density at radius 2 is 1.62 bits per heavy atom. The van der Waals surface area contributed by atoms with Gasteiger partial charge < -0.3 is 25.0 Å². The maximum atomic E-state index is 13.1. The van der Waals surface area contributed by atoms with Gasteiger partial charge in [-0.05, 0) is 57.7 Å². The Morgan fingerprint density at radius 3 is 2.21 bits per heavy atom. The zero-order valence-corrected chi connectivity index (χ0v) is 20.0. The lowest BCUT2D eigenvalue weighted by Gasteiger charge is -2.36. The molecule has 186 valence electrons. The van der Waals surface area contributed by atoms with Crippen molar-refractivity contribution in [2.24, 2.45) is 11.8 Å². The van der Waals surface area contributed by atoms with Gasteiger partial charge in [-0.2, -0.15) is 0 Å². The van der Waals surface area contributed by atoms with Crippen molar-refractivity contribution in [3.63, 3.8) is 0 Å². The van der Waals surface area contributed by atoms with Crippen LogP contribution in [0.15, 0.2) is 18.2 Å². The number of nitrogens with zero attached hydrogens (tertiary/aromatic N) is 2. The Morgan fingerprint density at radius 1 is 1.00 bits per heavy atom. The number of hydrogen-bond donors (Lipinski definition) is 2. The summed E-state index contributed by atoms with van der Waals surface area (Å²) >= 11 is 0. The topological polar surface area (TPSA) is 116 Å². The Bertz CT molecular complexity index is 902. The number of piperidine rings is 2. The Balaban J connectivity index is 1.56. The third kappa shape index (κ3) is 6.48. The summed E-state index contributed by atoms with van der Waals surface area (Å²) in [6.45, 7) is 6.35. The van der Waals surface area contributed by atoms with Crippen molar-refractivity contribution in [3.05, 3.63) is 23.8 Å². The van der Waals surface area contributed by atoms with Crippen LogP contribution in [0.5, 0.6) is 5.75 Å². The molecule has 2 fully saturated rings. The highest BCUT2D eigenvalue weighted by Crippen LogP contribution is 2.28. The molecule has 34 heavy (non-hydrogen) atoms. The molecular formula is C25H35N3O6. The first kappa shape index (κ1) is 25.5. The fourth-order valence-electron chi connectivity index (χ4n) is 4.57. The van der Waals surface area contributed by atoms with E-state index in [0.29, 0.717) is 88.4 Å². The number of benzene rings is 1. The van der Waals surface area contributed by atoms with Crippen LogP contribution < -0.4 is 10.1 Å². The average molecular weight is 474 g/mol. The molecule has 2 amide bonds. The van der Waals surface area contributed by atoms with Crippen molar-refractivity contribution in [2.45, 2.75) is 46.0 Å². The van der Waals surface area contributed by atoms with Crippen LogP contribution in [0.4, 0.5) is 5.69 Å². The molecule has 2 aliphatic rings. The van der Waals surface area contributed by atoms with Crippen LogP contribution in [0, 0.1) is 11.8 Å². The summed E-state index contributed by atoms with van der Waals surface area (Å²) in [5.74, 6) is -0.570. The van der Waals surface area contributed by atoms with Crippen LogP contribution >= 0.6 is 0 Å². The molecule has 0 aliphatic carbocycles. The van der Waals surface area contributed by atoms with Crippen molar-refractivity contribution >= 4 is 29.3 Å². The van der Waals surface area contributed by atoms with Crippen LogP contribution in [-0.4, -0.2) is 77.8 Å². The SMILES string of the molecule is CCOc1ccc(C(=O)N2CCC(C(=O)N3CCC(C(=O)O)CC3)CC2)cc1NCCC(C)=O. The maximum absolute atomic E-state index is 13.1. The molecule has 2 aliphatic heterocycles. The average Bonchev–Trinajstić information content (AvgIpc) is 2.84. The van der Waals surface area contributed by atoms with Crippen molar-refractivity contribution < 1.29 is 29.0 Å². The first-order chi connectivity index (χ1) is 16.3. The molecule has 0 atom stereocenters. The summed E-state index contributed by atoms with van der Waals surface area (Å²) in [7, 11) is 0. The summed E-state index contributed by atoms with van der Waals surface area (Å²) in [5.41, 5.74) is 1.22. The summed E-state index contributed by atoms with van der Waals surface area (Å²) in [6.07, 6.45) is 2.59. The van der Waals surface area contributed by atoms with Crippen LogP contribution in [0.3, 0.4) is 0 Å². The molecule has 9 heteroatoms. The van der Waals surface area contributed by atoms with E-state index in [-0.39, 0.29) is 29.4 Å². The highest BCUT2D eigenvalue weighted by molar-refractivity contribution is 5.96. The Kier molecular flexibility index (Phi) is 8.90. The van der Waals surface area contributed by atoms with E-state index >= 15 is 0 Å². The number of carbonyl (C=O) groups excluding carboxylic acids is 3. The van der Waals surface area contributed by atoms with Gasteiger partial charge in [0.05, 0.1) is 18.2 Å². The molecule has 0 spiro atoms. The molecule has 0 saturated carbocycles. The van der Waals surface area contributed by atoms with Crippen LogP contribution in [0.25, 0.3) is 0 Å². The summed E-state index contributed by atoms with van der Waals surface area (Å²) < 4.78 is 5.65. The fraction of sp³-hybridized carbons (Fsp3) is 0.600. The van der Waals surface area contributed by atoms with Crippen LogP contribution in [-0.2, 0) is 14.4 Å². The number of aliphatic carboxylic acids is 1. The number of ether oxygens (including phenoxy) is 1. The molecule has 0 bridgehead atoms. The van der Waals surface area contributed by atoms with E-state index in [1.165, 1.54) is 6.92 Å². The summed E-state index contributed by atoms with van der Waals surface area (Å²) in [6, 6.07) is 5.27. The molecule has 2 heterocycles. The van der Waals surface area contributed by atoms with E-state index in [2.05, 4.69) is 5.32 Å². The highest BCUT2D eigenvalue weighted by atomic mass is 16.5. The number of ketones is 1. The third-order valence-corrected chi connectivity index (χ3v) is 6.61. The smallest absolute Gasteiger partial charge is 0.306 e.